The highest BCUT2D eigenvalue weighted by Crippen LogP contribution is 2.34. The van der Waals surface area contributed by atoms with Gasteiger partial charge in [-0.3, -0.25) is 4.79 Å². The van der Waals surface area contributed by atoms with E-state index in [0.717, 1.165) is 58.6 Å². The zero-order valence-corrected chi connectivity index (χ0v) is 21.2. The van der Waals surface area contributed by atoms with Crippen LogP contribution in [-0.2, 0) is 17.6 Å². The molecule has 1 amide bonds. The lowest BCUT2D eigenvalue weighted by atomic mass is 9.89. The third-order valence-electron chi connectivity index (χ3n) is 6.62. The van der Waals surface area contributed by atoms with Crippen LogP contribution in [0.25, 0.3) is 0 Å². The molecule has 2 aromatic rings. The van der Waals surface area contributed by atoms with Gasteiger partial charge < -0.3 is 4.90 Å². The molecule has 0 radical (unpaired) electrons. The number of aryl methyl sites for hydroxylation is 2. The van der Waals surface area contributed by atoms with Gasteiger partial charge in [0.05, 0.1) is 17.5 Å². The van der Waals surface area contributed by atoms with E-state index in [2.05, 4.69) is 35.2 Å². The summed E-state index contributed by atoms with van der Waals surface area (Å²) in [6, 6.07) is 17.0. The molecular weight excluding hydrogens is 467 g/mol. The number of amides is 1. The molecule has 1 fully saturated rings. The van der Waals surface area contributed by atoms with E-state index in [1.165, 1.54) is 42.2 Å². The standard InChI is InChI=1S/C26H29N3OS3/c30-25(18-33-26(31)28-12-14-32-15-13-28)29-24(20-7-2-1-3-8-20)17-23(27-29)22-11-10-19-6-4-5-9-21(19)16-22/h1-3,7-8,10-11,16,24H,4-6,9,12-15,17-18H2/t24-/m1/s1. The Bertz CT molecular complexity index is 1050. The number of hydrazone groups is 1. The van der Waals surface area contributed by atoms with E-state index in [1.54, 1.807) is 5.01 Å². The minimum Gasteiger partial charge on any atom is -0.356 e. The van der Waals surface area contributed by atoms with Crippen LogP contribution in [0.4, 0.5) is 0 Å². The molecule has 7 heteroatoms. The molecule has 1 atom stereocenters. The molecule has 3 aliphatic rings. The lowest BCUT2D eigenvalue weighted by Gasteiger charge is -2.28. The molecule has 172 valence electrons. The van der Waals surface area contributed by atoms with E-state index in [-0.39, 0.29) is 11.9 Å². The van der Waals surface area contributed by atoms with Crippen LogP contribution in [0, 0.1) is 0 Å². The highest BCUT2D eigenvalue weighted by atomic mass is 32.2. The van der Waals surface area contributed by atoms with Crippen molar-refractivity contribution in [1.82, 2.24) is 9.91 Å². The number of thioether (sulfide) groups is 2. The van der Waals surface area contributed by atoms with Crippen molar-refractivity contribution in [2.24, 2.45) is 5.10 Å². The van der Waals surface area contributed by atoms with Gasteiger partial charge in [-0.2, -0.15) is 16.9 Å². The average Bonchev–Trinajstić information content (AvgIpc) is 3.33. The van der Waals surface area contributed by atoms with Crippen molar-refractivity contribution in [3.63, 3.8) is 0 Å². The van der Waals surface area contributed by atoms with Crippen molar-refractivity contribution in [2.45, 2.75) is 38.1 Å². The van der Waals surface area contributed by atoms with E-state index in [0.29, 0.717) is 5.75 Å². The third-order valence-corrected chi connectivity index (χ3v) is 9.07. The molecular formula is C26H29N3OS3. The first-order valence-electron chi connectivity index (χ1n) is 11.7. The lowest BCUT2D eigenvalue weighted by molar-refractivity contribution is -0.130. The maximum atomic E-state index is 13.3. The van der Waals surface area contributed by atoms with Gasteiger partial charge in [0.2, 0.25) is 0 Å². The summed E-state index contributed by atoms with van der Waals surface area (Å²) in [6.45, 7) is 1.95. The number of rotatable bonds is 4. The number of hydrogen-bond acceptors (Lipinski definition) is 5. The maximum absolute atomic E-state index is 13.3. The minimum atomic E-state index is -0.0645. The Hall–Kier alpha value is -1.83. The third kappa shape index (κ3) is 5.31. The van der Waals surface area contributed by atoms with Gasteiger partial charge in [0.1, 0.15) is 4.32 Å². The highest BCUT2D eigenvalue weighted by molar-refractivity contribution is 8.23. The van der Waals surface area contributed by atoms with Crippen LogP contribution >= 0.6 is 35.7 Å². The second-order valence-electron chi connectivity index (χ2n) is 8.76. The fourth-order valence-corrected chi connectivity index (χ4v) is 6.80. The molecule has 33 heavy (non-hydrogen) atoms. The number of carbonyl (C=O) groups excluding carboxylic acids is 1. The molecule has 1 saturated heterocycles. The van der Waals surface area contributed by atoms with Gasteiger partial charge in [0, 0.05) is 31.0 Å². The Morgan fingerprint density at radius 3 is 2.61 bits per heavy atom. The maximum Gasteiger partial charge on any atom is 0.253 e. The predicted octanol–water partition coefficient (Wildman–Crippen LogP) is 5.31. The van der Waals surface area contributed by atoms with Gasteiger partial charge in [-0.05, 0) is 54.0 Å². The Morgan fingerprint density at radius 1 is 1.06 bits per heavy atom. The number of benzene rings is 2. The molecule has 2 aromatic carbocycles. The minimum absolute atomic E-state index is 0.0237. The lowest BCUT2D eigenvalue weighted by Crippen LogP contribution is -2.36. The second kappa shape index (κ2) is 10.6. The molecule has 0 unspecified atom stereocenters. The monoisotopic (exact) mass is 495 g/mol. The molecule has 0 spiro atoms. The zero-order valence-electron chi connectivity index (χ0n) is 18.7. The number of fused-ring (bicyclic) bond motifs is 1. The van der Waals surface area contributed by atoms with Crippen LogP contribution in [0.5, 0.6) is 0 Å². The molecule has 4 nitrogen and oxygen atoms in total. The molecule has 0 aromatic heterocycles. The molecule has 2 heterocycles. The van der Waals surface area contributed by atoms with E-state index >= 15 is 0 Å². The fourth-order valence-electron chi connectivity index (χ4n) is 4.79. The van der Waals surface area contributed by atoms with E-state index in [1.807, 2.05) is 30.0 Å². The predicted molar refractivity (Wildman–Crippen MR) is 144 cm³/mol. The summed E-state index contributed by atoms with van der Waals surface area (Å²) in [6.07, 6.45) is 5.60. The van der Waals surface area contributed by atoms with Crippen LogP contribution in [0.3, 0.4) is 0 Å². The van der Waals surface area contributed by atoms with E-state index in [9.17, 15) is 4.79 Å². The molecule has 1 aliphatic carbocycles. The van der Waals surface area contributed by atoms with Crippen molar-refractivity contribution in [3.8, 4) is 0 Å². The first kappa shape index (κ1) is 22.9. The van der Waals surface area contributed by atoms with E-state index < -0.39 is 0 Å². The van der Waals surface area contributed by atoms with Crippen molar-refractivity contribution in [3.05, 3.63) is 70.8 Å². The van der Waals surface area contributed by atoms with Crippen molar-refractivity contribution in [2.75, 3.05) is 30.3 Å². The first-order valence-corrected chi connectivity index (χ1v) is 14.3. The van der Waals surface area contributed by atoms with Gasteiger partial charge in [0.25, 0.3) is 5.91 Å². The van der Waals surface area contributed by atoms with Gasteiger partial charge in [-0.15, -0.1) is 0 Å². The summed E-state index contributed by atoms with van der Waals surface area (Å²) >= 11 is 9.06. The van der Waals surface area contributed by atoms with Gasteiger partial charge in [-0.25, -0.2) is 5.01 Å². The van der Waals surface area contributed by atoms with Crippen LogP contribution in [0.1, 0.15) is 47.6 Å². The van der Waals surface area contributed by atoms with Crippen molar-refractivity contribution in [1.29, 1.82) is 0 Å². The number of nitrogens with zero attached hydrogens (tertiary/aromatic N) is 3. The van der Waals surface area contributed by atoms with E-state index in [4.69, 9.17) is 17.3 Å². The average molecular weight is 496 g/mol. The number of carbonyl (C=O) groups is 1. The summed E-state index contributed by atoms with van der Waals surface area (Å²) in [4.78, 5) is 15.6. The number of thiocarbonyl (C=S) groups is 1. The molecule has 2 aliphatic heterocycles. The zero-order chi connectivity index (χ0) is 22.6. The quantitative estimate of drug-likeness (QED) is 0.537. The Balaban J connectivity index is 1.34. The van der Waals surface area contributed by atoms with Gasteiger partial charge >= 0.3 is 0 Å². The van der Waals surface area contributed by atoms with Crippen LogP contribution in [0.2, 0.25) is 0 Å². The smallest absolute Gasteiger partial charge is 0.253 e. The highest BCUT2D eigenvalue weighted by Gasteiger charge is 2.33. The summed E-state index contributed by atoms with van der Waals surface area (Å²) in [5.41, 5.74) is 6.20. The second-order valence-corrected chi connectivity index (χ2v) is 11.6. The molecule has 5 rings (SSSR count). The number of hydrogen-bond donors (Lipinski definition) is 0. The van der Waals surface area contributed by atoms with Crippen molar-refractivity contribution < 1.29 is 4.79 Å². The normalized spacial score (nSPS) is 20.4. The van der Waals surface area contributed by atoms with Crippen LogP contribution in [0.15, 0.2) is 53.6 Å². The summed E-state index contributed by atoms with van der Waals surface area (Å²) < 4.78 is 0.831. The van der Waals surface area contributed by atoms with Crippen molar-refractivity contribution >= 4 is 51.7 Å². The Labute approximate surface area is 210 Å². The van der Waals surface area contributed by atoms with Gasteiger partial charge in [0.15, 0.2) is 0 Å². The summed E-state index contributed by atoms with van der Waals surface area (Å²) in [7, 11) is 0. The topological polar surface area (TPSA) is 35.9 Å². The largest absolute Gasteiger partial charge is 0.356 e. The Kier molecular flexibility index (Phi) is 7.38. The molecule has 0 bridgehead atoms. The summed E-state index contributed by atoms with van der Waals surface area (Å²) in [5.74, 6) is 2.55. The first-order chi connectivity index (χ1) is 16.2. The summed E-state index contributed by atoms with van der Waals surface area (Å²) in [5, 5.41) is 6.60. The SMILES string of the molecule is O=C(CSC(=S)N1CCSCC1)N1N=C(c2ccc3c(c2)CCCC3)C[C@@H]1c1ccccc1. The van der Waals surface area contributed by atoms with Gasteiger partial charge in [-0.1, -0.05) is 66.4 Å². The molecule has 0 saturated carbocycles. The van der Waals surface area contributed by atoms with Crippen LogP contribution in [-0.4, -0.2) is 56.2 Å². The Morgan fingerprint density at radius 2 is 1.82 bits per heavy atom. The fraction of sp³-hybridized carbons (Fsp3) is 0.423. The van der Waals surface area contributed by atoms with Crippen LogP contribution < -0.4 is 0 Å². The molecule has 0 N–H and O–H groups in total.